The summed E-state index contributed by atoms with van der Waals surface area (Å²) in [4.78, 5) is 9.21. The predicted molar refractivity (Wildman–Crippen MR) is 82.2 cm³/mol. The highest BCUT2D eigenvalue weighted by Gasteiger charge is 2.10. The lowest BCUT2D eigenvalue weighted by Gasteiger charge is -2.10. The van der Waals surface area contributed by atoms with E-state index >= 15 is 0 Å². The first-order chi connectivity index (χ1) is 9.83. The molecule has 0 aliphatic heterocycles. The Balaban J connectivity index is 2.26. The molecule has 0 bridgehead atoms. The number of rotatable bonds is 3. The standard InChI is InChI=1S/C16H16N4/c1-2-11-7-3-4-8-12(11)15-18-14-10-6-5-9-13(14)16(19-15)20-17/h3-10H,2,17H2,1H3,(H,18,19,20). The van der Waals surface area contributed by atoms with E-state index in [4.69, 9.17) is 5.84 Å². The van der Waals surface area contributed by atoms with Crippen molar-refractivity contribution in [3.63, 3.8) is 0 Å². The van der Waals surface area contributed by atoms with Gasteiger partial charge < -0.3 is 5.43 Å². The van der Waals surface area contributed by atoms with Crippen LogP contribution >= 0.6 is 0 Å². The fraction of sp³-hybridized carbons (Fsp3) is 0.125. The van der Waals surface area contributed by atoms with Crippen molar-refractivity contribution in [1.29, 1.82) is 0 Å². The van der Waals surface area contributed by atoms with Crippen LogP contribution in [0.2, 0.25) is 0 Å². The highest BCUT2D eigenvalue weighted by Crippen LogP contribution is 2.26. The minimum absolute atomic E-state index is 0.650. The average Bonchev–Trinajstić information content (AvgIpc) is 2.53. The minimum atomic E-state index is 0.650. The van der Waals surface area contributed by atoms with Crippen LogP contribution < -0.4 is 11.3 Å². The molecule has 0 radical (unpaired) electrons. The number of hydrazine groups is 1. The lowest BCUT2D eigenvalue weighted by Crippen LogP contribution is -2.10. The second kappa shape index (κ2) is 5.27. The lowest BCUT2D eigenvalue weighted by atomic mass is 10.0. The van der Waals surface area contributed by atoms with E-state index in [1.807, 2.05) is 42.5 Å². The Morgan fingerprint density at radius 3 is 2.55 bits per heavy atom. The molecule has 0 saturated heterocycles. The molecule has 3 aromatic rings. The maximum atomic E-state index is 5.59. The van der Waals surface area contributed by atoms with Crippen molar-refractivity contribution >= 4 is 16.7 Å². The molecule has 20 heavy (non-hydrogen) atoms. The van der Waals surface area contributed by atoms with Crippen LogP contribution in [0.4, 0.5) is 5.82 Å². The molecule has 0 amide bonds. The largest absolute Gasteiger partial charge is 0.308 e. The van der Waals surface area contributed by atoms with Crippen LogP contribution in [0.15, 0.2) is 48.5 Å². The van der Waals surface area contributed by atoms with Gasteiger partial charge in [-0.3, -0.25) is 0 Å². The number of benzene rings is 2. The number of nitrogen functional groups attached to an aromatic ring is 1. The Kier molecular flexibility index (Phi) is 3.31. The van der Waals surface area contributed by atoms with Crippen molar-refractivity contribution in [3.8, 4) is 11.4 Å². The van der Waals surface area contributed by atoms with E-state index in [0.29, 0.717) is 11.6 Å². The second-order valence-electron chi connectivity index (χ2n) is 4.57. The van der Waals surface area contributed by atoms with Crippen LogP contribution in [-0.2, 0) is 6.42 Å². The summed E-state index contributed by atoms with van der Waals surface area (Å²) in [6, 6.07) is 16.0. The SMILES string of the molecule is CCc1ccccc1-c1nc(NN)c2ccccc2n1. The minimum Gasteiger partial charge on any atom is -0.308 e. The van der Waals surface area contributed by atoms with Gasteiger partial charge in [0.25, 0.3) is 0 Å². The summed E-state index contributed by atoms with van der Waals surface area (Å²) in [5.74, 6) is 6.95. The summed E-state index contributed by atoms with van der Waals surface area (Å²) in [6.45, 7) is 2.13. The number of para-hydroxylation sites is 1. The molecule has 3 N–H and O–H groups in total. The van der Waals surface area contributed by atoms with Gasteiger partial charge in [0.15, 0.2) is 11.6 Å². The van der Waals surface area contributed by atoms with Crippen molar-refractivity contribution in [2.45, 2.75) is 13.3 Å². The van der Waals surface area contributed by atoms with Gasteiger partial charge in [-0.2, -0.15) is 0 Å². The molecule has 4 heteroatoms. The summed E-state index contributed by atoms with van der Waals surface area (Å²) >= 11 is 0. The molecule has 4 nitrogen and oxygen atoms in total. The number of hydrogen-bond acceptors (Lipinski definition) is 4. The highest BCUT2D eigenvalue weighted by atomic mass is 15.3. The van der Waals surface area contributed by atoms with E-state index < -0.39 is 0 Å². The third kappa shape index (κ3) is 2.10. The summed E-state index contributed by atoms with van der Waals surface area (Å²) in [6.07, 6.45) is 0.942. The van der Waals surface area contributed by atoms with Crippen LogP contribution in [0, 0.1) is 0 Å². The van der Waals surface area contributed by atoms with Gasteiger partial charge in [0.2, 0.25) is 0 Å². The number of nitrogens with zero attached hydrogens (tertiary/aromatic N) is 2. The van der Waals surface area contributed by atoms with Crippen molar-refractivity contribution in [2.75, 3.05) is 5.43 Å². The zero-order valence-electron chi connectivity index (χ0n) is 11.3. The summed E-state index contributed by atoms with van der Waals surface area (Å²) in [5, 5.41) is 0.924. The number of aryl methyl sites for hydroxylation is 1. The van der Waals surface area contributed by atoms with Gasteiger partial charge in [-0.05, 0) is 24.1 Å². The molecule has 0 unspecified atom stereocenters. The van der Waals surface area contributed by atoms with Gasteiger partial charge in [-0.25, -0.2) is 15.8 Å². The van der Waals surface area contributed by atoms with E-state index in [-0.39, 0.29) is 0 Å². The van der Waals surface area contributed by atoms with E-state index in [2.05, 4.69) is 28.4 Å². The first-order valence-corrected chi connectivity index (χ1v) is 6.65. The van der Waals surface area contributed by atoms with Crippen molar-refractivity contribution in [1.82, 2.24) is 9.97 Å². The van der Waals surface area contributed by atoms with Gasteiger partial charge in [0, 0.05) is 10.9 Å². The van der Waals surface area contributed by atoms with Crippen LogP contribution in [-0.4, -0.2) is 9.97 Å². The molecular weight excluding hydrogens is 248 g/mol. The summed E-state index contributed by atoms with van der Waals surface area (Å²) in [5.41, 5.74) is 5.83. The molecule has 0 aliphatic carbocycles. The molecule has 1 heterocycles. The molecule has 100 valence electrons. The van der Waals surface area contributed by atoms with Crippen LogP contribution in [0.5, 0.6) is 0 Å². The van der Waals surface area contributed by atoms with Crippen molar-refractivity contribution in [2.24, 2.45) is 5.84 Å². The number of fused-ring (bicyclic) bond motifs is 1. The Labute approximate surface area is 117 Å². The second-order valence-corrected chi connectivity index (χ2v) is 4.57. The fourth-order valence-corrected chi connectivity index (χ4v) is 2.35. The Bertz CT molecular complexity index is 752. The number of hydrogen-bond donors (Lipinski definition) is 2. The third-order valence-corrected chi connectivity index (χ3v) is 3.38. The topological polar surface area (TPSA) is 63.8 Å². The van der Waals surface area contributed by atoms with E-state index in [0.717, 1.165) is 22.9 Å². The molecular formula is C16H16N4. The molecule has 0 aliphatic rings. The Morgan fingerprint density at radius 2 is 1.75 bits per heavy atom. The van der Waals surface area contributed by atoms with Crippen LogP contribution in [0.1, 0.15) is 12.5 Å². The first-order valence-electron chi connectivity index (χ1n) is 6.65. The van der Waals surface area contributed by atoms with Gasteiger partial charge in [-0.15, -0.1) is 0 Å². The van der Waals surface area contributed by atoms with Gasteiger partial charge in [-0.1, -0.05) is 43.3 Å². The molecule has 0 saturated carbocycles. The van der Waals surface area contributed by atoms with Gasteiger partial charge in [0.1, 0.15) is 0 Å². The zero-order valence-corrected chi connectivity index (χ0v) is 11.3. The summed E-state index contributed by atoms with van der Waals surface area (Å²) < 4.78 is 0. The molecule has 1 aromatic heterocycles. The maximum Gasteiger partial charge on any atom is 0.162 e. The fourth-order valence-electron chi connectivity index (χ4n) is 2.35. The first kappa shape index (κ1) is 12.6. The number of nitrogens with two attached hydrogens (primary N) is 1. The van der Waals surface area contributed by atoms with Gasteiger partial charge in [0.05, 0.1) is 5.52 Å². The maximum absolute atomic E-state index is 5.59. The van der Waals surface area contributed by atoms with E-state index in [1.165, 1.54) is 5.56 Å². The monoisotopic (exact) mass is 264 g/mol. The van der Waals surface area contributed by atoms with E-state index in [9.17, 15) is 0 Å². The highest BCUT2D eigenvalue weighted by molar-refractivity contribution is 5.90. The zero-order chi connectivity index (χ0) is 13.9. The van der Waals surface area contributed by atoms with E-state index in [1.54, 1.807) is 0 Å². The van der Waals surface area contributed by atoms with Crippen LogP contribution in [0.25, 0.3) is 22.3 Å². The molecule has 0 atom stereocenters. The predicted octanol–water partition coefficient (Wildman–Crippen LogP) is 3.14. The van der Waals surface area contributed by atoms with Crippen LogP contribution in [0.3, 0.4) is 0 Å². The number of aromatic nitrogens is 2. The number of anilines is 1. The van der Waals surface area contributed by atoms with Gasteiger partial charge >= 0.3 is 0 Å². The average molecular weight is 264 g/mol. The molecule has 3 rings (SSSR count). The Hall–Kier alpha value is -2.46. The normalized spacial score (nSPS) is 10.7. The quantitative estimate of drug-likeness (QED) is 0.563. The molecule has 0 spiro atoms. The molecule has 2 aromatic carbocycles. The number of nitrogens with one attached hydrogen (secondary N) is 1. The summed E-state index contributed by atoms with van der Waals surface area (Å²) in [7, 11) is 0. The lowest BCUT2D eigenvalue weighted by molar-refractivity contribution is 1.12. The molecule has 0 fully saturated rings. The van der Waals surface area contributed by atoms with Crippen molar-refractivity contribution in [3.05, 3.63) is 54.1 Å². The third-order valence-electron chi connectivity index (χ3n) is 3.38. The Morgan fingerprint density at radius 1 is 1.00 bits per heavy atom. The smallest absolute Gasteiger partial charge is 0.162 e. The van der Waals surface area contributed by atoms with Crippen molar-refractivity contribution < 1.29 is 0 Å².